The average molecular weight is 257 g/mol. The molecule has 6 heteroatoms. The minimum Gasteiger partial charge on any atom is -0.360 e. The highest BCUT2D eigenvalue weighted by atomic mass is 19.1. The highest BCUT2D eigenvalue weighted by Crippen LogP contribution is 2.20. The summed E-state index contributed by atoms with van der Waals surface area (Å²) < 4.78 is 14.7. The molecule has 1 N–H and O–H groups in total. The molecule has 2 heterocycles. The molecule has 1 unspecified atom stereocenters. The van der Waals surface area contributed by atoms with Crippen LogP contribution in [0.1, 0.15) is 18.5 Å². The van der Waals surface area contributed by atoms with Gasteiger partial charge in [0.25, 0.3) is 0 Å². The first-order chi connectivity index (χ1) is 9.24. The minimum atomic E-state index is -0.242. The van der Waals surface area contributed by atoms with Crippen LogP contribution in [-0.2, 0) is 0 Å². The Labute approximate surface area is 109 Å². The van der Waals surface area contributed by atoms with E-state index in [9.17, 15) is 4.39 Å². The third kappa shape index (κ3) is 2.24. The van der Waals surface area contributed by atoms with Crippen LogP contribution in [0.15, 0.2) is 43.0 Å². The van der Waals surface area contributed by atoms with Crippen molar-refractivity contribution in [2.24, 2.45) is 0 Å². The number of benzene rings is 1. The van der Waals surface area contributed by atoms with Gasteiger partial charge in [-0.25, -0.2) is 9.37 Å². The summed E-state index contributed by atoms with van der Waals surface area (Å²) in [6.45, 7) is 1.98. The Morgan fingerprint density at radius 1 is 1.26 bits per heavy atom. The SMILES string of the molecule is CC(Nc1nccn2cnnc12)c1ccc(F)cc1. The molecule has 19 heavy (non-hydrogen) atoms. The molecular formula is C13H12FN5. The number of fused-ring (bicyclic) bond motifs is 1. The molecule has 0 aliphatic heterocycles. The van der Waals surface area contributed by atoms with Crippen molar-refractivity contribution in [3.63, 3.8) is 0 Å². The van der Waals surface area contributed by atoms with E-state index in [4.69, 9.17) is 0 Å². The first-order valence-corrected chi connectivity index (χ1v) is 5.90. The molecule has 5 nitrogen and oxygen atoms in total. The topological polar surface area (TPSA) is 55.1 Å². The zero-order valence-electron chi connectivity index (χ0n) is 10.3. The zero-order chi connectivity index (χ0) is 13.2. The van der Waals surface area contributed by atoms with Crippen molar-refractivity contribution in [3.05, 3.63) is 54.4 Å². The minimum absolute atomic E-state index is 0.00370. The van der Waals surface area contributed by atoms with Crippen molar-refractivity contribution in [2.45, 2.75) is 13.0 Å². The van der Waals surface area contributed by atoms with Gasteiger partial charge in [-0.15, -0.1) is 10.2 Å². The number of rotatable bonds is 3. The fourth-order valence-electron chi connectivity index (χ4n) is 1.90. The lowest BCUT2D eigenvalue weighted by Gasteiger charge is -2.14. The van der Waals surface area contributed by atoms with Gasteiger partial charge in [-0.2, -0.15) is 0 Å². The molecule has 0 spiro atoms. The maximum atomic E-state index is 12.9. The van der Waals surface area contributed by atoms with E-state index in [1.807, 2.05) is 6.92 Å². The fourth-order valence-corrected chi connectivity index (χ4v) is 1.90. The summed E-state index contributed by atoms with van der Waals surface area (Å²) in [7, 11) is 0. The van der Waals surface area contributed by atoms with Crippen molar-refractivity contribution in [1.29, 1.82) is 0 Å². The summed E-state index contributed by atoms with van der Waals surface area (Å²) in [5.41, 5.74) is 1.64. The summed E-state index contributed by atoms with van der Waals surface area (Å²) in [4.78, 5) is 4.25. The highest BCUT2D eigenvalue weighted by Gasteiger charge is 2.10. The first-order valence-electron chi connectivity index (χ1n) is 5.90. The van der Waals surface area contributed by atoms with Gasteiger partial charge >= 0.3 is 0 Å². The predicted octanol–water partition coefficient (Wildman–Crippen LogP) is 2.44. The van der Waals surface area contributed by atoms with Gasteiger partial charge < -0.3 is 5.32 Å². The zero-order valence-corrected chi connectivity index (χ0v) is 10.3. The number of anilines is 1. The van der Waals surface area contributed by atoms with E-state index in [0.717, 1.165) is 5.56 Å². The van der Waals surface area contributed by atoms with E-state index < -0.39 is 0 Å². The maximum absolute atomic E-state index is 12.9. The Morgan fingerprint density at radius 2 is 2.05 bits per heavy atom. The van der Waals surface area contributed by atoms with Gasteiger partial charge in [0.15, 0.2) is 5.82 Å². The Kier molecular flexibility index (Phi) is 2.83. The van der Waals surface area contributed by atoms with Crippen molar-refractivity contribution in [2.75, 3.05) is 5.32 Å². The summed E-state index contributed by atoms with van der Waals surface area (Å²) >= 11 is 0. The molecular weight excluding hydrogens is 245 g/mol. The second kappa shape index (κ2) is 4.64. The lowest BCUT2D eigenvalue weighted by molar-refractivity contribution is 0.626. The van der Waals surface area contributed by atoms with Crippen molar-refractivity contribution >= 4 is 11.5 Å². The summed E-state index contributed by atoms with van der Waals surface area (Å²) in [6, 6.07) is 6.38. The third-order valence-electron chi connectivity index (χ3n) is 2.94. The molecule has 0 aliphatic rings. The monoisotopic (exact) mass is 257 g/mol. The second-order valence-electron chi connectivity index (χ2n) is 4.26. The standard InChI is InChI=1S/C13H12FN5/c1-9(10-2-4-11(14)5-3-10)17-12-13-18-16-8-19(13)7-6-15-12/h2-9H,1H3,(H,15,17). The molecule has 0 fully saturated rings. The molecule has 0 radical (unpaired) electrons. The number of nitrogens with one attached hydrogen (secondary N) is 1. The van der Waals surface area contributed by atoms with Gasteiger partial charge in [0, 0.05) is 12.4 Å². The van der Waals surface area contributed by atoms with Crippen LogP contribution in [0.5, 0.6) is 0 Å². The van der Waals surface area contributed by atoms with Gasteiger partial charge in [0.05, 0.1) is 6.04 Å². The maximum Gasteiger partial charge on any atom is 0.203 e. The van der Waals surface area contributed by atoms with Crippen molar-refractivity contribution in [3.8, 4) is 0 Å². The van der Waals surface area contributed by atoms with Crippen LogP contribution in [0, 0.1) is 5.82 Å². The van der Waals surface area contributed by atoms with Crippen molar-refractivity contribution < 1.29 is 4.39 Å². The largest absolute Gasteiger partial charge is 0.360 e. The molecule has 0 amide bonds. The molecule has 0 saturated carbocycles. The van der Waals surface area contributed by atoms with E-state index in [1.54, 1.807) is 35.3 Å². The van der Waals surface area contributed by atoms with Crippen molar-refractivity contribution in [1.82, 2.24) is 19.6 Å². The number of aromatic nitrogens is 4. The van der Waals surface area contributed by atoms with E-state index in [1.165, 1.54) is 12.1 Å². The van der Waals surface area contributed by atoms with E-state index in [-0.39, 0.29) is 11.9 Å². The van der Waals surface area contributed by atoms with Crippen LogP contribution in [0.3, 0.4) is 0 Å². The predicted molar refractivity (Wildman–Crippen MR) is 69.2 cm³/mol. The van der Waals surface area contributed by atoms with Gasteiger partial charge in [-0.05, 0) is 24.6 Å². The molecule has 0 bridgehead atoms. The molecule has 1 atom stereocenters. The number of nitrogens with zero attached hydrogens (tertiary/aromatic N) is 4. The second-order valence-corrected chi connectivity index (χ2v) is 4.26. The lowest BCUT2D eigenvalue weighted by Crippen LogP contribution is -2.09. The Bertz CT molecular complexity index is 692. The van der Waals surface area contributed by atoms with Crippen LogP contribution in [0.4, 0.5) is 10.2 Å². The van der Waals surface area contributed by atoms with Gasteiger partial charge in [0.1, 0.15) is 12.1 Å². The molecule has 2 aromatic heterocycles. The number of hydrogen-bond acceptors (Lipinski definition) is 4. The van der Waals surface area contributed by atoms with Crippen LogP contribution in [-0.4, -0.2) is 19.6 Å². The van der Waals surface area contributed by atoms with E-state index >= 15 is 0 Å². The molecule has 0 aliphatic carbocycles. The molecule has 1 aromatic carbocycles. The van der Waals surface area contributed by atoms with Crippen LogP contribution in [0.2, 0.25) is 0 Å². The normalized spacial score (nSPS) is 12.5. The highest BCUT2D eigenvalue weighted by molar-refractivity contribution is 5.62. The lowest BCUT2D eigenvalue weighted by atomic mass is 10.1. The fraction of sp³-hybridized carbons (Fsp3) is 0.154. The molecule has 96 valence electrons. The van der Waals surface area contributed by atoms with Gasteiger partial charge in [-0.3, -0.25) is 4.40 Å². The quantitative estimate of drug-likeness (QED) is 0.783. The Balaban J connectivity index is 1.88. The average Bonchev–Trinajstić information content (AvgIpc) is 2.89. The van der Waals surface area contributed by atoms with Gasteiger partial charge in [-0.1, -0.05) is 12.1 Å². The van der Waals surface area contributed by atoms with E-state index in [0.29, 0.717) is 11.5 Å². The summed E-state index contributed by atoms with van der Waals surface area (Å²) in [5.74, 6) is 0.408. The van der Waals surface area contributed by atoms with Crippen LogP contribution >= 0.6 is 0 Å². The van der Waals surface area contributed by atoms with Crippen LogP contribution in [0.25, 0.3) is 5.65 Å². The Morgan fingerprint density at radius 3 is 2.84 bits per heavy atom. The Hall–Kier alpha value is -2.50. The molecule has 3 rings (SSSR count). The molecule has 3 aromatic rings. The third-order valence-corrected chi connectivity index (χ3v) is 2.94. The number of halogens is 1. The van der Waals surface area contributed by atoms with Gasteiger partial charge in [0.2, 0.25) is 5.65 Å². The first kappa shape index (κ1) is 11.6. The summed E-state index contributed by atoms with van der Waals surface area (Å²) in [6.07, 6.45) is 5.07. The summed E-state index contributed by atoms with van der Waals surface area (Å²) in [5, 5.41) is 11.1. The van der Waals surface area contributed by atoms with Crippen LogP contribution < -0.4 is 5.32 Å². The van der Waals surface area contributed by atoms with E-state index in [2.05, 4.69) is 20.5 Å². The smallest absolute Gasteiger partial charge is 0.203 e. The molecule has 0 saturated heterocycles. The number of hydrogen-bond donors (Lipinski definition) is 1.